The Bertz CT molecular complexity index is 218. The molecule has 0 unspecified atom stereocenters. The number of carbonyl (C=O) groups excluding carboxylic acids is 2. The quantitative estimate of drug-likeness (QED) is 0.543. The zero-order valence-corrected chi connectivity index (χ0v) is 8.43. The first-order valence-electron chi connectivity index (χ1n) is 5.02. The standard InChI is InChI=1S/C9H17N3O2/c1-2-3-11-8(13)6-7-9(14)12-5-4-10-7/h7,10H,2-6H2,1H3,(H,11,13)(H,12,14)/t7-/m0/s1. The third kappa shape index (κ3) is 3.33. The highest BCUT2D eigenvalue weighted by Gasteiger charge is 2.23. The Morgan fingerprint density at radius 2 is 2.36 bits per heavy atom. The molecule has 2 amide bonds. The molecule has 0 aromatic rings. The fourth-order valence-electron chi connectivity index (χ4n) is 1.33. The van der Waals surface area contributed by atoms with Crippen molar-refractivity contribution in [3.05, 3.63) is 0 Å². The molecule has 1 atom stereocenters. The first-order chi connectivity index (χ1) is 6.74. The lowest BCUT2D eigenvalue weighted by atomic mass is 10.1. The Balaban J connectivity index is 2.27. The normalized spacial score (nSPS) is 21.5. The molecule has 0 aliphatic carbocycles. The maximum absolute atomic E-state index is 11.3. The average molecular weight is 199 g/mol. The van der Waals surface area contributed by atoms with Crippen LogP contribution in [-0.2, 0) is 9.59 Å². The zero-order chi connectivity index (χ0) is 10.4. The molecule has 0 aromatic carbocycles. The van der Waals surface area contributed by atoms with Crippen molar-refractivity contribution >= 4 is 11.8 Å². The number of nitrogens with one attached hydrogen (secondary N) is 3. The van der Waals surface area contributed by atoms with Crippen molar-refractivity contribution < 1.29 is 9.59 Å². The molecule has 1 heterocycles. The smallest absolute Gasteiger partial charge is 0.237 e. The lowest BCUT2D eigenvalue weighted by Crippen LogP contribution is -2.54. The summed E-state index contributed by atoms with van der Waals surface area (Å²) in [6.45, 7) is 4.04. The van der Waals surface area contributed by atoms with Crippen LogP contribution in [0.2, 0.25) is 0 Å². The van der Waals surface area contributed by atoms with Gasteiger partial charge < -0.3 is 16.0 Å². The maximum atomic E-state index is 11.3. The monoisotopic (exact) mass is 199 g/mol. The molecule has 1 aliphatic rings. The van der Waals surface area contributed by atoms with Crippen molar-refractivity contribution in [3.8, 4) is 0 Å². The van der Waals surface area contributed by atoms with Crippen LogP contribution < -0.4 is 16.0 Å². The van der Waals surface area contributed by atoms with Crippen LogP contribution >= 0.6 is 0 Å². The molecule has 1 fully saturated rings. The van der Waals surface area contributed by atoms with Crippen molar-refractivity contribution in [2.24, 2.45) is 0 Å². The minimum absolute atomic E-state index is 0.0681. The summed E-state index contributed by atoms with van der Waals surface area (Å²) >= 11 is 0. The number of hydrogen-bond acceptors (Lipinski definition) is 3. The molecule has 1 saturated heterocycles. The summed E-state index contributed by atoms with van der Waals surface area (Å²) in [6.07, 6.45) is 1.14. The third-order valence-corrected chi connectivity index (χ3v) is 2.09. The molecule has 1 rings (SSSR count). The van der Waals surface area contributed by atoms with E-state index < -0.39 is 0 Å². The first-order valence-corrected chi connectivity index (χ1v) is 5.02. The molecule has 5 nitrogen and oxygen atoms in total. The average Bonchev–Trinajstić information content (AvgIpc) is 2.18. The molecule has 3 N–H and O–H groups in total. The summed E-state index contributed by atoms with van der Waals surface area (Å²) < 4.78 is 0. The molecule has 80 valence electrons. The highest BCUT2D eigenvalue weighted by molar-refractivity contribution is 5.88. The van der Waals surface area contributed by atoms with Gasteiger partial charge in [-0.2, -0.15) is 0 Å². The van der Waals surface area contributed by atoms with Crippen LogP contribution in [0.5, 0.6) is 0 Å². The summed E-state index contributed by atoms with van der Waals surface area (Å²) in [5, 5.41) is 8.46. The van der Waals surface area contributed by atoms with Crippen LogP contribution in [0.25, 0.3) is 0 Å². The van der Waals surface area contributed by atoms with Gasteiger partial charge in [-0.05, 0) is 6.42 Å². The molecule has 0 aromatic heterocycles. The predicted molar refractivity (Wildman–Crippen MR) is 52.7 cm³/mol. The van der Waals surface area contributed by atoms with E-state index in [-0.39, 0.29) is 24.3 Å². The van der Waals surface area contributed by atoms with Crippen LogP contribution in [0.4, 0.5) is 0 Å². The Hall–Kier alpha value is -1.10. The van der Waals surface area contributed by atoms with Crippen LogP contribution in [0.1, 0.15) is 19.8 Å². The van der Waals surface area contributed by atoms with Gasteiger partial charge in [0.2, 0.25) is 11.8 Å². The molecular formula is C9H17N3O2. The molecular weight excluding hydrogens is 182 g/mol. The highest BCUT2D eigenvalue weighted by atomic mass is 16.2. The van der Waals surface area contributed by atoms with Crippen LogP contribution in [0, 0.1) is 0 Å². The van der Waals surface area contributed by atoms with E-state index >= 15 is 0 Å². The van der Waals surface area contributed by atoms with E-state index in [0.29, 0.717) is 13.1 Å². The fourth-order valence-corrected chi connectivity index (χ4v) is 1.33. The second-order valence-electron chi connectivity index (χ2n) is 3.35. The van der Waals surface area contributed by atoms with E-state index in [2.05, 4.69) is 16.0 Å². The van der Waals surface area contributed by atoms with Gasteiger partial charge in [0.1, 0.15) is 0 Å². The largest absolute Gasteiger partial charge is 0.356 e. The number of hydrogen-bond donors (Lipinski definition) is 3. The lowest BCUT2D eigenvalue weighted by molar-refractivity contribution is -0.129. The lowest BCUT2D eigenvalue weighted by Gasteiger charge is -2.22. The summed E-state index contributed by atoms with van der Waals surface area (Å²) in [5.74, 6) is -0.149. The minimum atomic E-state index is -0.361. The number of amides is 2. The summed E-state index contributed by atoms with van der Waals surface area (Å²) in [5.41, 5.74) is 0. The summed E-state index contributed by atoms with van der Waals surface area (Å²) in [6, 6.07) is -0.361. The van der Waals surface area contributed by atoms with E-state index in [0.717, 1.165) is 13.0 Å². The van der Waals surface area contributed by atoms with Crippen LogP contribution in [0.3, 0.4) is 0 Å². The Morgan fingerprint density at radius 3 is 3.00 bits per heavy atom. The van der Waals surface area contributed by atoms with Gasteiger partial charge in [0, 0.05) is 19.6 Å². The Morgan fingerprint density at radius 1 is 1.57 bits per heavy atom. The summed E-state index contributed by atoms with van der Waals surface area (Å²) in [4.78, 5) is 22.5. The summed E-state index contributed by atoms with van der Waals surface area (Å²) in [7, 11) is 0. The van der Waals surface area contributed by atoms with Gasteiger partial charge in [-0.1, -0.05) is 6.92 Å². The fraction of sp³-hybridized carbons (Fsp3) is 0.778. The topological polar surface area (TPSA) is 70.2 Å². The molecule has 0 bridgehead atoms. The van der Waals surface area contributed by atoms with Crippen molar-refractivity contribution in [2.45, 2.75) is 25.8 Å². The van der Waals surface area contributed by atoms with Gasteiger partial charge in [-0.15, -0.1) is 0 Å². The first kappa shape index (κ1) is 11.0. The molecule has 5 heteroatoms. The van der Waals surface area contributed by atoms with Gasteiger partial charge in [0.15, 0.2) is 0 Å². The third-order valence-electron chi connectivity index (χ3n) is 2.09. The van der Waals surface area contributed by atoms with E-state index in [1.807, 2.05) is 6.92 Å². The van der Waals surface area contributed by atoms with Crippen molar-refractivity contribution in [2.75, 3.05) is 19.6 Å². The van der Waals surface area contributed by atoms with E-state index in [9.17, 15) is 9.59 Å². The van der Waals surface area contributed by atoms with Crippen LogP contribution in [0.15, 0.2) is 0 Å². The van der Waals surface area contributed by atoms with Gasteiger partial charge in [0.05, 0.1) is 12.5 Å². The van der Waals surface area contributed by atoms with E-state index in [1.54, 1.807) is 0 Å². The molecule has 0 radical (unpaired) electrons. The second kappa shape index (κ2) is 5.59. The van der Waals surface area contributed by atoms with Crippen molar-refractivity contribution in [1.82, 2.24) is 16.0 Å². The number of piperazine rings is 1. The Kier molecular flexibility index (Phi) is 4.39. The van der Waals surface area contributed by atoms with Crippen molar-refractivity contribution in [1.29, 1.82) is 0 Å². The zero-order valence-electron chi connectivity index (χ0n) is 8.43. The van der Waals surface area contributed by atoms with Gasteiger partial charge in [-0.3, -0.25) is 9.59 Å². The molecule has 14 heavy (non-hydrogen) atoms. The van der Waals surface area contributed by atoms with E-state index in [4.69, 9.17) is 0 Å². The molecule has 0 saturated carbocycles. The minimum Gasteiger partial charge on any atom is -0.356 e. The Labute approximate surface area is 83.6 Å². The van der Waals surface area contributed by atoms with Gasteiger partial charge in [0.25, 0.3) is 0 Å². The van der Waals surface area contributed by atoms with Crippen LogP contribution in [-0.4, -0.2) is 37.5 Å². The molecule has 1 aliphatic heterocycles. The molecule has 0 spiro atoms. The SMILES string of the molecule is CCCNC(=O)C[C@@H]1NCCNC1=O. The predicted octanol–water partition coefficient (Wildman–Crippen LogP) is -1.01. The second-order valence-corrected chi connectivity index (χ2v) is 3.35. The van der Waals surface area contributed by atoms with Crippen molar-refractivity contribution in [3.63, 3.8) is 0 Å². The maximum Gasteiger partial charge on any atom is 0.237 e. The highest BCUT2D eigenvalue weighted by Crippen LogP contribution is 1.95. The number of rotatable bonds is 4. The number of carbonyl (C=O) groups is 2. The van der Waals surface area contributed by atoms with Gasteiger partial charge in [-0.25, -0.2) is 0 Å². The van der Waals surface area contributed by atoms with Gasteiger partial charge >= 0.3 is 0 Å². The van der Waals surface area contributed by atoms with E-state index in [1.165, 1.54) is 0 Å².